The molecule has 0 radical (unpaired) electrons. The van der Waals surface area contributed by atoms with E-state index in [-0.39, 0.29) is 12.5 Å². The molecule has 0 bridgehead atoms. The quantitative estimate of drug-likeness (QED) is 0.834. The first-order valence-corrected chi connectivity index (χ1v) is 7.71. The number of rotatable bonds is 5. The van der Waals surface area contributed by atoms with Gasteiger partial charge in [-0.3, -0.25) is 4.79 Å². The van der Waals surface area contributed by atoms with Gasteiger partial charge in [-0.05, 0) is 30.2 Å². The van der Waals surface area contributed by atoms with Gasteiger partial charge in [0.2, 0.25) is 5.91 Å². The third-order valence-corrected chi connectivity index (χ3v) is 5.12. The Morgan fingerprint density at radius 1 is 1.65 bits per heavy atom. The number of likely N-dealkylation sites (tertiary alicyclic amines) is 1. The highest BCUT2D eigenvalue weighted by molar-refractivity contribution is 8.01. The second-order valence-corrected chi connectivity index (χ2v) is 6.45. The first kappa shape index (κ1) is 12.9. The molecule has 94 valence electrons. The van der Waals surface area contributed by atoms with Crippen molar-refractivity contribution in [2.75, 3.05) is 25.4 Å². The van der Waals surface area contributed by atoms with Crippen molar-refractivity contribution < 1.29 is 9.90 Å². The van der Waals surface area contributed by atoms with Crippen molar-refractivity contribution in [3.63, 3.8) is 0 Å². The SMILES string of the molecule is O=C(CSc1cccs1)N1CCC(CCO)C1. The van der Waals surface area contributed by atoms with Crippen LogP contribution < -0.4 is 0 Å². The van der Waals surface area contributed by atoms with E-state index in [1.807, 2.05) is 22.4 Å². The van der Waals surface area contributed by atoms with Gasteiger partial charge < -0.3 is 10.0 Å². The molecule has 5 heteroatoms. The van der Waals surface area contributed by atoms with Crippen LogP contribution in [0.25, 0.3) is 0 Å². The summed E-state index contributed by atoms with van der Waals surface area (Å²) >= 11 is 3.29. The molecule has 1 aromatic heterocycles. The maximum absolute atomic E-state index is 11.9. The normalized spacial score (nSPS) is 19.8. The lowest BCUT2D eigenvalue weighted by Crippen LogP contribution is -2.30. The van der Waals surface area contributed by atoms with E-state index in [9.17, 15) is 4.79 Å². The van der Waals surface area contributed by atoms with Crippen molar-refractivity contribution in [1.82, 2.24) is 4.90 Å². The van der Waals surface area contributed by atoms with Crippen LogP contribution in [0.5, 0.6) is 0 Å². The fraction of sp³-hybridized carbons (Fsp3) is 0.583. The summed E-state index contributed by atoms with van der Waals surface area (Å²) in [4.78, 5) is 13.9. The molecular formula is C12H17NO2S2. The van der Waals surface area contributed by atoms with E-state index in [0.717, 1.165) is 25.9 Å². The third kappa shape index (κ3) is 3.72. The summed E-state index contributed by atoms with van der Waals surface area (Å²) in [6, 6.07) is 4.05. The lowest BCUT2D eigenvalue weighted by atomic mass is 10.1. The predicted molar refractivity (Wildman–Crippen MR) is 71.4 cm³/mol. The molecule has 2 heterocycles. The van der Waals surface area contributed by atoms with Crippen LogP contribution in [0.3, 0.4) is 0 Å². The van der Waals surface area contributed by atoms with E-state index in [4.69, 9.17) is 5.11 Å². The molecule has 1 aliphatic heterocycles. The first-order valence-electron chi connectivity index (χ1n) is 5.84. The summed E-state index contributed by atoms with van der Waals surface area (Å²) in [6.45, 7) is 1.91. The summed E-state index contributed by atoms with van der Waals surface area (Å²) < 4.78 is 1.20. The van der Waals surface area contributed by atoms with Crippen LogP contribution in [-0.4, -0.2) is 41.4 Å². The van der Waals surface area contributed by atoms with E-state index in [2.05, 4.69) is 0 Å². The monoisotopic (exact) mass is 271 g/mol. The Morgan fingerprint density at radius 3 is 3.24 bits per heavy atom. The number of thiophene rings is 1. The number of aliphatic hydroxyl groups excluding tert-OH is 1. The van der Waals surface area contributed by atoms with E-state index in [1.165, 1.54) is 4.21 Å². The first-order chi connectivity index (χ1) is 8.29. The Kier molecular flexibility index (Phi) is 4.88. The molecule has 1 amide bonds. The van der Waals surface area contributed by atoms with Gasteiger partial charge in [-0.2, -0.15) is 0 Å². The van der Waals surface area contributed by atoms with Crippen LogP contribution in [0.1, 0.15) is 12.8 Å². The molecule has 1 fully saturated rings. The summed E-state index contributed by atoms with van der Waals surface area (Å²) in [6.07, 6.45) is 1.86. The smallest absolute Gasteiger partial charge is 0.232 e. The Hall–Kier alpha value is -0.520. The standard InChI is InChI=1S/C12H17NO2S2/c14-6-4-10-3-5-13(8-10)11(15)9-17-12-2-1-7-16-12/h1-2,7,10,14H,3-6,8-9H2. The van der Waals surface area contributed by atoms with Gasteiger partial charge in [-0.1, -0.05) is 6.07 Å². The van der Waals surface area contributed by atoms with Gasteiger partial charge in [0.05, 0.1) is 9.96 Å². The molecule has 1 N–H and O–H groups in total. The van der Waals surface area contributed by atoms with Crippen LogP contribution in [0.2, 0.25) is 0 Å². The topological polar surface area (TPSA) is 40.5 Å². The number of aliphatic hydroxyl groups is 1. The number of hydrogen-bond donors (Lipinski definition) is 1. The highest BCUT2D eigenvalue weighted by Crippen LogP contribution is 2.25. The van der Waals surface area contributed by atoms with E-state index in [1.54, 1.807) is 23.1 Å². The molecule has 1 unspecified atom stereocenters. The second-order valence-electron chi connectivity index (χ2n) is 4.23. The summed E-state index contributed by atoms with van der Waals surface area (Å²) in [7, 11) is 0. The van der Waals surface area contributed by atoms with Crippen LogP contribution in [0.4, 0.5) is 0 Å². The Labute approximate surface area is 110 Å². The molecule has 1 aliphatic rings. The number of carbonyl (C=O) groups is 1. The van der Waals surface area contributed by atoms with Gasteiger partial charge in [0, 0.05) is 19.7 Å². The van der Waals surface area contributed by atoms with Gasteiger partial charge in [-0.25, -0.2) is 0 Å². The molecule has 3 nitrogen and oxygen atoms in total. The van der Waals surface area contributed by atoms with E-state index < -0.39 is 0 Å². The Balaban J connectivity index is 1.73. The van der Waals surface area contributed by atoms with Crippen molar-refractivity contribution in [2.24, 2.45) is 5.92 Å². The molecule has 1 atom stereocenters. The van der Waals surface area contributed by atoms with Gasteiger partial charge in [0.25, 0.3) is 0 Å². The number of carbonyl (C=O) groups excluding carboxylic acids is 1. The number of amides is 1. The minimum absolute atomic E-state index is 0.226. The minimum atomic E-state index is 0.226. The summed E-state index contributed by atoms with van der Waals surface area (Å²) in [5, 5.41) is 10.9. The maximum atomic E-state index is 11.9. The largest absolute Gasteiger partial charge is 0.396 e. The zero-order valence-electron chi connectivity index (χ0n) is 9.67. The van der Waals surface area contributed by atoms with Crippen LogP contribution in [0, 0.1) is 5.92 Å². The maximum Gasteiger partial charge on any atom is 0.232 e. The predicted octanol–water partition coefficient (Wildman–Crippen LogP) is 2.07. The van der Waals surface area contributed by atoms with Gasteiger partial charge in [0.1, 0.15) is 0 Å². The summed E-state index contributed by atoms with van der Waals surface area (Å²) in [5.74, 6) is 1.26. The average Bonchev–Trinajstić information content (AvgIpc) is 2.97. The van der Waals surface area contributed by atoms with Crippen molar-refractivity contribution in [3.8, 4) is 0 Å². The molecule has 0 saturated carbocycles. The molecule has 0 aliphatic carbocycles. The highest BCUT2D eigenvalue weighted by Gasteiger charge is 2.25. The number of thioether (sulfide) groups is 1. The fourth-order valence-electron chi connectivity index (χ4n) is 2.05. The Bertz CT molecular complexity index is 353. The lowest BCUT2D eigenvalue weighted by molar-refractivity contribution is -0.127. The van der Waals surface area contributed by atoms with Crippen molar-refractivity contribution >= 4 is 29.0 Å². The molecular weight excluding hydrogens is 254 g/mol. The van der Waals surface area contributed by atoms with Crippen LogP contribution in [0.15, 0.2) is 21.7 Å². The van der Waals surface area contributed by atoms with Gasteiger partial charge in [0.15, 0.2) is 0 Å². The fourth-order valence-corrected chi connectivity index (χ4v) is 3.73. The zero-order valence-corrected chi connectivity index (χ0v) is 11.3. The van der Waals surface area contributed by atoms with E-state index in [0.29, 0.717) is 11.7 Å². The highest BCUT2D eigenvalue weighted by atomic mass is 32.2. The molecule has 0 aromatic carbocycles. The number of nitrogens with zero attached hydrogens (tertiary/aromatic N) is 1. The van der Waals surface area contributed by atoms with Crippen molar-refractivity contribution in [1.29, 1.82) is 0 Å². The lowest BCUT2D eigenvalue weighted by Gasteiger charge is -2.15. The van der Waals surface area contributed by atoms with E-state index >= 15 is 0 Å². The van der Waals surface area contributed by atoms with Crippen LogP contribution in [-0.2, 0) is 4.79 Å². The Morgan fingerprint density at radius 2 is 2.53 bits per heavy atom. The molecule has 17 heavy (non-hydrogen) atoms. The van der Waals surface area contributed by atoms with Gasteiger partial charge in [-0.15, -0.1) is 23.1 Å². The second kappa shape index (κ2) is 6.42. The molecule has 1 aromatic rings. The van der Waals surface area contributed by atoms with Crippen LogP contribution >= 0.6 is 23.1 Å². The molecule has 0 spiro atoms. The molecule has 2 rings (SSSR count). The average molecular weight is 271 g/mol. The minimum Gasteiger partial charge on any atom is -0.396 e. The van der Waals surface area contributed by atoms with Crippen molar-refractivity contribution in [3.05, 3.63) is 17.5 Å². The van der Waals surface area contributed by atoms with Gasteiger partial charge >= 0.3 is 0 Å². The summed E-state index contributed by atoms with van der Waals surface area (Å²) in [5.41, 5.74) is 0. The molecule has 1 saturated heterocycles. The number of hydrogen-bond acceptors (Lipinski definition) is 4. The van der Waals surface area contributed by atoms with Crippen molar-refractivity contribution in [2.45, 2.75) is 17.1 Å². The third-order valence-electron chi connectivity index (χ3n) is 3.01. The zero-order chi connectivity index (χ0) is 12.1.